The molecule has 0 spiro atoms. The lowest BCUT2D eigenvalue weighted by Gasteiger charge is -2.31. The summed E-state index contributed by atoms with van der Waals surface area (Å²) in [5.41, 5.74) is -6.15. The molecule has 0 bridgehead atoms. The first kappa shape index (κ1) is 16.9. The normalized spacial score (nSPS) is 19.9. The number of para-hydroxylation sites is 1. The third kappa shape index (κ3) is 2.12. The van der Waals surface area contributed by atoms with Crippen molar-refractivity contribution in [3.63, 3.8) is 0 Å². The lowest BCUT2D eigenvalue weighted by molar-refractivity contribution is -0.388. The van der Waals surface area contributed by atoms with Crippen molar-refractivity contribution in [2.45, 2.75) is 11.5 Å². The molecule has 1 amide bonds. The molecule has 2 aromatic carbocycles. The number of alkyl halides is 2. The molecule has 0 saturated heterocycles. The molecule has 0 saturated carbocycles. The summed E-state index contributed by atoms with van der Waals surface area (Å²) in [4.78, 5) is 23.1. The molecule has 6 nitrogen and oxygen atoms in total. The van der Waals surface area contributed by atoms with Gasteiger partial charge in [-0.2, -0.15) is 8.78 Å². The summed E-state index contributed by atoms with van der Waals surface area (Å²) in [5, 5.41) is 21.7. The molecule has 3 rings (SSSR count). The van der Waals surface area contributed by atoms with Crippen molar-refractivity contribution in [1.29, 1.82) is 0 Å². The fourth-order valence-electron chi connectivity index (χ4n) is 2.96. The number of nitro benzene ring substituents is 1. The van der Waals surface area contributed by atoms with Gasteiger partial charge in [0, 0.05) is 12.6 Å². The van der Waals surface area contributed by atoms with E-state index in [2.05, 4.69) is 0 Å². The SMILES string of the molecule is CN1C(=O)C(O)(C(F)(F)c2ccc(F)cc2[N+](=O)[O-])c2ccccc21. The van der Waals surface area contributed by atoms with Crippen LogP contribution < -0.4 is 4.90 Å². The van der Waals surface area contributed by atoms with Crippen molar-refractivity contribution in [1.82, 2.24) is 0 Å². The Balaban J connectivity index is 2.28. The molecule has 25 heavy (non-hydrogen) atoms. The molecule has 1 aliphatic rings. The Kier molecular flexibility index (Phi) is 3.57. The van der Waals surface area contributed by atoms with Crippen LogP contribution in [0.15, 0.2) is 42.5 Å². The van der Waals surface area contributed by atoms with Gasteiger partial charge in [-0.05, 0) is 18.2 Å². The largest absolute Gasteiger partial charge is 0.370 e. The van der Waals surface area contributed by atoms with Crippen LogP contribution in [0.5, 0.6) is 0 Å². The van der Waals surface area contributed by atoms with Gasteiger partial charge in [-0.3, -0.25) is 14.9 Å². The number of likely N-dealkylation sites (N-methyl/N-ethyl adjacent to an activating group) is 1. The van der Waals surface area contributed by atoms with E-state index in [1.165, 1.54) is 25.2 Å². The van der Waals surface area contributed by atoms with Crippen LogP contribution in [0, 0.1) is 15.9 Å². The van der Waals surface area contributed by atoms with Crippen LogP contribution in [-0.4, -0.2) is 23.0 Å². The highest BCUT2D eigenvalue weighted by atomic mass is 19.3. The number of halogens is 3. The Bertz CT molecular complexity index is 903. The summed E-state index contributed by atoms with van der Waals surface area (Å²) in [5.74, 6) is -6.80. The number of rotatable bonds is 3. The van der Waals surface area contributed by atoms with Crippen LogP contribution in [-0.2, 0) is 16.3 Å². The number of amides is 1. The first-order valence-corrected chi connectivity index (χ1v) is 7.04. The molecular formula is C16H11F3N2O4. The van der Waals surface area contributed by atoms with Gasteiger partial charge >= 0.3 is 5.92 Å². The van der Waals surface area contributed by atoms with Crippen LogP contribution in [0.2, 0.25) is 0 Å². The summed E-state index contributed by atoms with van der Waals surface area (Å²) < 4.78 is 43.6. The number of hydrogen-bond donors (Lipinski definition) is 1. The standard InChI is InChI=1S/C16H11F3N2O4/c1-20-12-5-3-2-4-10(12)15(23,14(20)22)16(18,19)11-7-6-9(17)8-13(11)21(24)25/h2-8,23H,1H3. The number of fused-ring (bicyclic) bond motifs is 1. The number of hydrogen-bond acceptors (Lipinski definition) is 4. The zero-order valence-corrected chi connectivity index (χ0v) is 12.7. The summed E-state index contributed by atoms with van der Waals surface area (Å²) in [6.45, 7) is 0. The third-order valence-electron chi connectivity index (χ3n) is 4.22. The van der Waals surface area contributed by atoms with Gasteiger partial charge in [0.1, 0.15) is 11.4 Å². The summed E-state index contributed by atoms with van der Waals surface area (Å²) in [6.07, 6.45) is 0. The van der Waals surface area contributed by atoms with Crippen molar-refractivity contribution in [2.75, 3.05) is 11.9 Å². The van der Waals surface area contributed by atoms with Crippen LogP contribution in [0.25, 0.3) is 0 Å². The van der Waals surface area contributed by atoms with Crippen molar-refractivity contribution in [3.05, 3.63) is 69.5 Å². The number of carbonyl (C=O) groups is 1. The van der Waals surface area contributed by atoms with Crippen molar-refractivity contribution >= 4 is 17.3 Å². The number of carbonyl (C=O) groups excluding carboxylic acids is 1. The van der Waals surface area contributed by atoms with Crippen LogP contribution >= 0.6 is 0 Å². The first-order chi connectivity index (χ1) is 11.6. The maximum Gasteiger partial charge on any atom is 0.321 e. The van der Waals surface area contributed by atoms with E-state index in [0.717, 1.165) is 11.0 Å². The zero-order valence-electron chi connectivity index (χ0n) is 12.7. The third-order valence-corrected chi connectivity index (χ3v) is 4.22. The van der Waals surface area contributed by atoms with E-state index in [1.807, 2.05) is 0 Å². The molecule has 1 heterocycles. The minimum Gasteiger partial charge on any atom is -0.370 e. The second-order valence-corrected chi connectivity index (χ2v) is 5.58. The van der Waals surface area contributed by atoms with Gasteiger partial charge in [-0.15, -0.1) is 0 Å². The molecule has 2 aromatic rings. The number of aliphatic hydroxyl groups is 1. The molecule has 1 aliphatic heterocycles. The van der Waals surface area contributed by atoms with Crippen LogP contribution in [0.3, 0.4) is 0 Å². The van der Waals surface area contributed by atoms with E-state index in [-0.39, 0.29) is 11.3 Å². The second kappa shape index (κ2) is 5.28. The van der Waals surface area contributed by atoms with Gasteiger partial charge in [-0.1, -0.05) is 18.2 Å². The molecule has 1 unspecified atom stereocenters. The van der Waals surface area contributed by atoms with E-state index in [4.69, 9.17) is 0 Å². The predicted octanol–water partition coefficient (Wildman–Crippen LogP) is 2.69. The van der Waals surface area contributed by atoms with E-state index >= 15 is 8.78 Å². The monoisotopic (exact) mass is 352 g/mol. The molecule has 0 fully saturated rings. The minimum absolute atomic E-state index is 0.0550. The van der Waals surface area contributed by atoms with Gasteiger partial charge in [0.05, 0.1) is 16.7 Å². The number of benzene rings is 2. The quantitative estimate of drug-likeness (QED) is 0.680. The lowest BCUT2D eigenvalue weighted by Crippen LogP contribution is -2.50. The van der Waals surface area contributed by atoms with E-state index in [0.29, 0.717) is 18.2 Å². The van der Waals surface area contributed by atoms with Gasteiger partial charge in [0.15, 0.2) is 0 Å². The van der Waals surface area contributed by atoms with E-state index in [9.17, 15) is 24.4 Å². The highest BCUT2D eigenvalue weighted by molar-refractivity contribution is 6.07. The minimum atomic E-state index is -4.37. The fraction of sp³-hybridized carbons (Fsp3) is 0.188. The summed E-state index contributed by atoms with van der Waals surface area (Å²) >= 11 is 0. The van der Waals surface area contributed by atoms with Crippen molar-refractivity contribution in [3.8, 4) is 0 Å². The number of nitrogens with zero attached hydrogens (tertiary/aromatic N) is 2. The average molecular weight is 352 g/mol. The summed E-state index contributed by atoms with van der Waals surface area (Å²) in [6, 6.07) is 6.77. The first-order valence-electron chi connectivity index (χ1n) is 7.04. The molecule has 9 heteroatoms. The zero-order chi connectivity index (χ0) is 18.6. The topological polar surface area (TPSA) is 83.7 Å². The van der Waals surface area contributed by atoms with Crippen molar-refractivity contribution < 1.29 is 28.0 Å². The van der Waals surface area contributed by atoms with Gasteiger partial charge in [0.25, 0.3) is 11.6 Å². The second-order valence-electron chi connectivity index (χ2n) is 5.58. The Morgan fingerprint density at radius 1 is 1.24 bits per heavy atom. The maximum absolute atomic E-state index is 15.2. The molecule has 0 aromatic heterocycles. The molecular weight excluding hydrogens is 341 g/mol. The Morgan fingerprint density at radius 2 is 1.88 bits per heavy atom. The van der Waals surface area contributed by atoms with Gasteiger partial charge < -0.3 is 10.0 Å². The average Bonchev–Trinajstić information content (AvgIpc) is 2.78. The molecule has 1 atom stereocenters. The highest BCUT2D eigenvalue weighted by Gasteiger charge is 2.67. The van der Waals surface area contributed by atoms with E-state index < -0.39 is 39.4 Å². The van der Waals surface area contributed by atoms with Crippen LogP contribution in [0.4, 0.5) is 24.5 Å². The number of anilines is 1. The predicted molar refractivity (Wildman–Crippen MR) is 80.7 cm³/mol. The molecule has 0 radical (unpaired) electrons. The Morgan fingerprint density at radius 3 is 2.52 bits per heavy atom. The molecule has 130 valence electrons. The van der Waals surface area contributed by atoms with Crippen molar-refractivity contribution in [2.24, 2.45) is 0 Å². The van der Waals surface area contributed by atoms with Gasteiger partial charge in [-0.25, -0.2) is 4.39 Å². The fourth-order valence-corrected chi connectivity index (χ4v) is 2.96. The van der Waals surface area contributed by atoms with Gasteiger partial charge in [0.2, 0.25) is 5.60 Å². The molecule has 1 N–H and O–H groups in total. The van der Waals surface area contributed by atoms with E-state index in [1.54, 1.807) is 0 Å². The van der Waals surface area contributed by atoms with Crippen LogP contribution in [0.1, 0.15) is 11.1 Å². The number of nitro groups is 1. The Labute approximate surface area is 139 Å². The summed E-state index contributed by atoms with van der Waals surface area (Å²) in [7, 11) is 1.20. The lowest BCUT2D eigenvalue weighted by atomic mass is 9.84. The molecule has 0 aliphatic carbocycles. The smallest absolute Gasteiger partial charge is 0.321 e. The highest BCUT2D eigenvalue weighted by Crippen LogP contribution is 2.54. The maximum atomic E-state index is 15.2. The Hall–Kier alpha value is -2.94.